The normalized spacial score (nSPS) is 11.0. The SMILES string of the molecule is COc1cc(COC(=O)Cn2c(C)cc3ccccc32)ccc1OC(F)F. The molecule has 0 saturated carbocycles. The summed E-state index contributed by atoms with van der Waals surface area (Å²) in [6.45, 7) is -0.923. The Morgan fingerprint density at radius 3 is 2.63 bits per heavy atom. The molecule has 27 heavy (non-hydrogen) atoms. The van der Waals surface area contributed by atoms with E-state index < -0.39 is 12.6 Å². The lowest BCUT2D eigenvalue weighted by atomic mass is 10.2. The Hall–Kier alpha value is -3.09. The number of ether oxygens (including phenoxy) is 3. The summed E-state index contributed by atoms with van der Waals surface area (Å²) in [5.74, 6) is -0.320. The number of benzene rings is 2. The number of hydrogen-bond donors (Lipinski definition) is 0. The number of alkyl halides is 2. The van der Waals surface area contributed by atoms with E-state index >= 15 is 0 Å². The van der Waals surface area contributed by atoms with Crippen LogP contribution in [0.1, 0.15) is 11.3 Å². The average molecular weight is 375 g/mol. The van der Waals surface area contributed by atoms with Crippen molar-refractivity contribution in [3.63, 3.8) is 0 Å². The fourth-order valence-corrected chi connectivity index (χ4v) is 2.89. The predicted molar refractivity (Wildman–Crippen MR) is 96.1 cm³/mol. The third kappa shape index (κ3) is 4.36. The van der Waals surface area contributed by atoms with Gasteiger partial charge in [-0.3, -0.25) is 4.79 Å². The second-order valence-corrected chi connectivity index (χ2v) is 5.96. The maximum Gasteiger partial charge on any atom is 0.387 e. The molecule has 0 aliphatic carbocycles. The lowest BCUT2D eigenvalue weighted by Gasteiger charge is -2.12. The molecule has 0 atom stereocenters. The minimum atomic E-state index is -2.94. The van der Waals surface area contributed by atoms with Crippen LogP contribution in [0.15, 0.2) is 48.5 Å². The van der Waals surface area contributed by atoms with Crippen molar-refractivity contribution in [1.82, 2.24) is 4.57 Å². The van der Waals surface area contributed by atoms with Gasteiger partial charge in [0.2, 0.25) is 0 Å². The monoisotopic (exact) mass is 375 g/mol. The van der Waals surface area contributed by atoms with Crippen molar-refractivity contribution in [1.29, 1.82) is 0 Å². The third-order valence-corrected chi connectivity index (χ3v) is 4.15. The number of aryl methyl sites for hydroxylation is 1. The van der Waals surface area contributed by atoms with E-state index in [0.717, 1.165) is 16.6 Å². The molecule has 0 unspecified atom stereocenters. The molecule has 0 bridgehead atoms. The Balaban J connectivity index is 1.66. The van der Waals surface area contributed by atoms with E-state index in [-0.39, 0.29) is 24.7 Å². The molecule has 7 heteroatoms. The zero-order chi connectivity index (χ0) is 19.4. The number of methoxy groups -OCH3 is 1. The second kappa shape index (κ2) is 8.07. The Labute approximate surface area is 155 Å². The van der Waals surface area contributed by atoms with Crippen LogP contribution < -0.4 is 9.47 Å². The van der Waals surface area contributed by atoms with Crippen molar-refractivity contribution in [2.75, 3.05) is 7.11 Å². The van der Waals surface area contributed by atoms with Crippen LogP contribution in [0.2, 0.25) is 0 Å². The van der Waals surface area contributed by atoms with Gasteiger partial charge in [0.05, 0.1) is 7.11 Å². The summed E-state index contributed by atoms with van der Waals surface area (Å²) in [6, 6.07) is 14.2. The van der Waals surface area contributed by atoms with Crippen molar-refractivity contribution in [3.05, 3.63) is 59.8 Å². The molecule has 0 radical (unpaired) electrons. The Kier molecular flexibility index (Phi) is 5.59. The van der Waals surface area contributed by atoms with Crippen molar-refractivity contribution in [2.24, 2.45) is 0 Å². The van der Waals surface area contributed by atoms with Crippen LogP contribution in [0.3, 0.4) is 0 Å². The van der Waals surface area contributed by atoms with Gasteiger partial charge in [-0.05, 0) is 42.1 Å². The van der Waals surface area contributed by atoms with Crippen molar-refractivity contribution in [3.8, 4) is 11.5 Å². The molecular formula is C20H19F2NO4. The molecule has 3 aromatic rings. The van der Waals surface area contributed by atoms with Gasteiger partial charge in [0.25, 0.3) is 0 Å². The molecule has 142 valence electrons. The van der Waals surface area contributed by atoms with Gasteiger partial charge in [-0.2, -0.15) is 8.78 Å². The first-order valence-corrected chi connectivity index (χ1v) is 8.30. The molecule has 3 rings (SSSR count). The number of hydrogen-bond acceptors (Lipinski definition) is 4. The number of aromatic nitrogens is 1. The fraction of sp³-hybridized carbons (Fsp3) is 0.250. The van der Waals surface area contributed by atoms with Crippen LogP contribution in [-0.4, -0.2) is 24.3 Å². The molecular weight excluding hydrogens is 356 g/mol. The topological polar surface area (TPSA) is 49.7 Å². The summed E-state index contributed by atoms with van der Waals surface area (Å²) in [5.41, 5.74) is 2.53. The van der Waals surface area contributed by atoms with E-state index in [2.05, 4.69) is 4.74 Å². The van der Waals surface area contributed by atoms with Crippen LogP contribution in [0.5, 0.6) is 11.5 Å². The summed E-state index contributed by atoms with van der Waals surface area (Å²) in [7, 11) is 1.35. The number of esters is 1. The van der Waals surface area contributed by atoms with Crippen molar-refractivity contribution in [2.45, 2.75) is 26.7 Å². The Morgan fingerprint density at radius 1 is 1.11 bits per heavy atom. The molecule has 0 fully saturated rings. The number of nitrogens with zero attached hydrogens (tertiary/aromatic N) is 1. The number of carbonyl (C=O) groups is 1. The van der Waals surface area contributed by atoms with Gasteiger partial charge in [0.1, 0.15) is 13.2 Å². The van der Waals surface area contributed by atoms with E-state index in [1.165, 1.54) is 19.2 Å². The smallest absolute Gasteiger partial charge is 0.387 e. The van der Waals surface area contributed by atoms with Crippen LogP contribution in [0, 0.1) is 6.92 Å². The number of fused-ring (bicyclic) bond motifs is 1. The van der Waals surface area contributed by atoms with Crippen LogP contribution >= 0.6 is 0 Å². The zero-order valence-corrected chi connectivity index (χ0v) is 14.9. The van der Waals surface area contributed by atoms with Gasteiger partial charge < -0.3 is 18.8 Å². The molecule has 0 spiro atoms. The standard InChI is InChI=1S/C20H19F2NO4/c1-13-9-15-5-3-4-6-16(15)23(13)11-19(24)26-12-14-7-8-17(27-20(21)22)18(10-14)25-2/h3-10,20H,11-12H2,1-2H3. The first-order chi connectivity index (χ1) is 13.0. The number of rotatable bonds is 7. The molecule has 2 aromatic carbocycles. The molecule has 0 aliphatic rings. The largest absolute Gasteiger partial charge is 0.493 e. The Morgan fingerprint density at radius 2 is 1.89 bits per heavy atom. The van der Waals surface area contributed by atoms with Crippen LogP contribution in [0.4, 0.5) is 8.78 Å². The molecule has 1 aromatic heterocycles. The van der Waals surface area contributed by atoms with Crippen LogP contribution in [-0.2, 0) is 22.7 Å². The van der Waals surface area contributed by atoms with Gasteiger partial charge in [-0.15, -0.1) is 0 Å². The summed E-state index contributed by atoms with van der Waals surface area (Å²) in [5, 5.41) is 1.06. The first-order valence-electron chi connectivity index (χ1n) is 8.30. The average Bonchev–Trinajstić information content (AvgIpc) is 2.96. The molecule has 1 heterocycles. The molecule has 0 saturated heterocycles. The third-order valence-electron chi connectivity index (χ3n) is 4.15. The predicted octanol–water partition coefficient (Wildman–Crippen LogP) is 4.30. The first kappa shape index (κ1) is 18.7. The highest BCUT2D eigenvalue weighted by Crippen LogP contribution is 2.29. The van der Waals surface area contributed by atoms with E-state index in [1.54, 1.807) is 6.07 Å². The quantitative estimate of drug-likeness (QED) is 0.578. The molecule has 0 amide bonds. The van der Waals surface area contributed by atoms with Crippen molar-refractivity contribution < 1.29 is 27.8 Å². The van der Waals surface area contributed by atoms with Crippen LogP contribution in [0.25, 0.3) is 10.9 Å². The van der Waals surface area contributed by atoms with Crippen molar-refractivity contribution >= 4 is 16.9 Å². The number of halogens is 2. The fourth-order valence-electron chi connectivity index (χ4n) is 2.89. The number of para-hydroxylation sites is 1. The highest BCUT2D eigenvalue weighted by atomic mass is 19.3. The van der Waals surface area contributed by atoms with E-state index in [0.29, 0.717) is 5.56 Å². The summed E-state index contributed by atoms with van der Waals surface area (Å²) < 4.78 is 41.4. The second-order valence-electron chi connectivity index (χ2n) is 5.96. The lowest BCUT2D eigenvalue weighted by molar-refractivity contribution is -0.145. The highest BCUT2D eigenvalue weighted by Gasteiger charge is 2.13. The zero-order valence-electron chi connectivity index (χ0n) is 14.9. The molecule has 0 N–H and O–H groups in total. The van der Waals surface area contributed by atoms with Gasteiger partial charge in [0, 0.05) is 11.2 Å². The highest BCUT2D eigenvalue weighted by molar-refractivity contribution is 5.83. The van der Waals surface area contributed by atoms with E-state index in [4.69, 9.17) is 9.47 Å². The summed E-state index contributed by atoms with van der Waals surface area (Å²) >= 11 is 0. The lowest BCUT2D eigenvalue weighted by Crippen LogP contribution is -2.14. The minimum absolute atomic E-state index is 0.00238. The maximum atomic E-state index is 12.4. The Bertz CT molecular complexity index is 952. The summed E-state index contributed by atoms with van der Waals surface area (Å²) in [4.78, 5) is 12.2. The van der Waals surface area contributed by atoms with Gasteiger partial charge >= 0.3 is 12.6 Å². The molecule has 5 nitrogen and oxygen atoms in total. The van der Waals surface area contributed by atoms with E-state index in [9.17, 15) is 13.6 Å². The summed E-state index contributed by atoms with van der Waals surface area (Å²) in [6.07, 6.45) is 0. The minimum Gasteiger partial charge on any atom is -0.493 e. The molecule has 0 aliphatic heterocycles. The van der Waals surface area contributed by atoms with Gasteiger partial charge in [0.15, 0.2) is 11.5 Å². The van der Waals surface area contributed by atoms with E-state index in [1.807, 2.05) is 41.8 Å². The van der Waals surface area contributed by atoms with Gasteiger partial charge in [-0.1, -0.05) is 24.3 Å². The number of carbonyl (C=O) groups excluding carboxylic acids is 1. The maximum absolute atomic E-state index is 12.4. The van der Waals surface area contributed by atoms with Gasteiger partial charge in [-0.25, -0.2) is 0 Å².